The van der Waals surface area contributed by atoms with E-state index in [4.69, 9.17) is 4.74 Å². The van der Waals surface area contributed by atoms with Gasteiger partial charge in [-0.05, 0) is 40.2 Å². The molecule has 0 N–H and O–H groups in total. The summed E-state index contributed by atoms with van der Waals surface area (Å²) in [7, 11) is 0. The normalized spacial score (nSPS) is 17.4. The number of hydrogen-bond acceptors (Lipinski definition) is 3. The van der Waals surface area contributed by atoms with Gasteiger partial charge in [0.15, 0.2) is 5.75 Å². The van der Waals surface area contributed by atoms with Crippen LogP contribution in [0.25, 0.3) is 11.0 Å². The van der Waals surface area contributed by atoms with Crippen molar-refractivity contribution in [2.75, 3.05) is 6.61 Å². The van der Waals surface area contributed by atoms with Crippen molar-refractivity contribution >= 4 is 27.0 Å². The van der Waals surface area contributed by atoms with Crippen molar-refractivity contribution in [1.82, 2.24) is 14.5 Å². The molecule has 0 amide bonds. The molecule has 2 aromatic heterocycles. The fraction of sp³-hybridized carbons (Fsp3) is 0.143. The molecule has 1 aliphatic heterocycles. The van der Waals surface area contributed by atoms with Crippen molar-refractivity contribution in [2.24, 2.45) is 0 Å². The number of halogens is 1. The van der Waals surface area contributed by atoms with Crippen LogP contribution in [-0.2, 0) is 0 Å². The molecule has 0 saturated carbocycles. The minimum absolute atomic E-state index is 0.0769. The largest absolute Gasteiger partial charge is 0.488 e. The van der Waals surface area contributed by atoms with Gasteiger partial charge in [-0.1, -0.05) is 6.07 Å². The number of pyridine rings is 1. The van der Waals surface area contributed by atoms with E-state index in [2.05, 4.69) is 30.5 Å². The Morgan fingerprint density at radius 3 is 3.00 bits per heavy atom. The highest BCUT2D eigenvalue weighted by molar-refractivity contribution is 9.10. The van der Waals surface area contributed by atoms with E-state index in [1.54, 1.807) is 6.20 Å². The summed E-state index contributed by atoms with van der Waals surface area (Å²) in [5.74, 6) is 0.863. The lowest BCUT2D eigenvalue weighted by molar-refractivity contribution is 0.255. The van der Waals surface area contributed by atoms with Gasteiger partial charge in [0, 0.05) is 6.20 Å². The van der Waals surface area contributed by atoms with Crippen LogP contribution >= 0.6 is 15.9 Å². The number of nitrogens with zero attached hydrogens (tertiary/aromatic N) is 3. The second kappa shape index (κ2) is 4.06. The van der Waals surface area contributed by atoms with Crippen LogP contribution in [0.5, 0.6) is 5.75 Å². The minimum Gasteiger partial charge on any atom is -0.488 e. The highest BCUT2D eigenvalue weighted by atomic mass is 79.9. The molecule has 1 aliphatic rings. The molecule has 0 radical (unpaired) electrons. The number of hydrogen-bond donors (Lipinski definition) is 0. The van der Waals surface area contributed by atoms with Gasteiger partial charge in [0.05, 0.1) is 22.0 Å². The first kappa shape index (κ1) is 11.0. The van der Waals surface area contributed by atoms with Gasteiger partial charge in [0.2, 0.25) is 0 Å². The van der Waals surface area contributed by atoms with E-state index in [1.807, 2.05) is 36.7 Å². The van der Waals surface area contributed by atoms with Gasteiger partial charge in [-0.25, -0.2) is 4.98 Å². The lowest BCUT2D eigenvalue weighted by Crippen LogP contribution is -2.23. The van der Waals surface area contributed by atoms with Crippen molar-refractivity contribution in [3.63, 3.8) is 0 Å². The number of benzene rings is 1. The quantitative estimate of drug-likeness (QED) is 0.692. The first-order valence-electron chi connectivity index (χ1n) is 6.03. The summed E-state index contributed by atoms with van der Waals surface area (Å²) in [6.07, 6.45) is 3.67. The molecule has 0 aliphatic carbocycles. The summed E-state index contributed by atoms with van der Waals surface area (Å²) in [5, 5.41) is 0. The van der Waals surface area contributed by atoms with Crippen LogP contribution in [0.2, 0.25) is 0 Å². The maximum Gasteiger partial charge on any atom is 0.159 e. The zero-order chi connectivity index (χ0) is 12.8. The molecule has 19 heavy (non-hydrogen) atoms. The smallest absolute Gasteiger partial charge is 0.159 e. The van der Waals surface area contributed by atoms with E-state index in [9.17, 15) is 0 Å². The molecule has 5 heteroatoms. The molecular weight excluding hydrogens is 306 g/mol. The van der Waals surface area contributed by atoms with E-state index < -0.39 is 0 Å². The maximum atomic E-state index is 5.90. The summed E-state index contributed by atoms with van der Waals surface area (Å²) < 4.78 is 9.00. The first-order valence-corrected chi connectivity index (χ1v) is 6.82. The number of aromatic nitrogens is 3. The monoisotopic (exact) mass is 315 g/mol. The Kier molecular flexibility index (Phi) is 2.35. The van der Waals surface area contributed by atoms with Crippen LogP contribution in [0.3, 0.4) is 0 Å². The zero-order valence-corrected chi connectivity index (χ0v) is 11.5. The van der Waals surface area contributed by atoms with Gasteiger partial charge in [0.25, 0.3) is 0 Å². The molecule has 0 fully saturated rings. The van der Waals surface area contributed by atoms with E-state index in [-0.39, 0.29) is 6.04 Å². The third-order valence-electron chi connectivity index (χ3n) is 3.39. The average Bonchev–Trinajstić information content (AvgIpc) is 2.89. The third kappa shape index (κ3) is 1.58. The molecule has 1 unspecified atom stereocenters. The summed E-state index contributed by atoms with van der Waals surface area (Å²) >= 11 is 3.52. The summed E-state index contributed by atoms with van der Waals surface area (Å²) in [6.45, 7) is 0.568. The molecular formula is C14H10BrN3O. The second-order valence-electron chi connectivity index (χ2n) is 4.48. The van der Waals surface area contributed by atoms with Gasteiger partial charge in [-0.15, -0.1) is 0 Å². The van der Waals surface area contributed by atoms with Gasteiger partial charge >= 0.3 is 0 Å². The summed E-state index contributed by atoms with van der Waals surface area (Å²) in [4.78, 5) is 8.87. The fourth-order valence-corrected chi connectivity index (χ4v) is 2.92. The van der Waals surface area contributed by atoms with Crippen LogP contribution < -0.4 is 4.74 Å². The van der Waals surface area contributed by atoms with Gasteiger partial charge in [0.1, 0.15) is 18.2 Å². The minimum atomic E-state index is 0.0769. The molecule has 1 aromatic carbocycles. The molecule has 3 heterocycles. The van der Waals surface area contributed by atoms with E-state index in [0.29, 0.717) is 6.61 Å². The topological polar surface area (TPSA) is 39.9 Å². The Morgan fingerprint density at radius 1 is 1.21 bits per heavy atom. The van der Waals surface area contributed by atoms with Crippen molar-refractivity contribution < 1.29 is 4.74 Å². The first-order chi connectivity index (χ1) is 9.34. The predicted molar refractivity (Wildman–Crippen MR) is 75.3 cm³/mol. The molecule has 3 aromatic rings. The summed E-state index contributed by atoms with van der Waals surface area (Å²) in [6, 6.07) is 9.96. The Labute approximate surface area is 118 Å². The maximum absolute atomic E-state index is 5.90. The lowest BCUT2D eigenvalue weighted by atomic mass is 10.1. The Bertz CT molecular complexity index is 754. The number of imidazole rings is 1. The van der Waals surface area contributed by atoms with Gasteiger partial charge < -0.3 is 9.30 Å². The zero-order valence-electron chi connectivity index (χ0n) is 9.95. The van der Waals surface area contributed by atoms with Crippen molar-refractivity contribution in [3.8, 4) is 5.75 Å². The highest BCUT2D eigenvalue weighted by Gasteiger charge is 2.26. The molecule has 0 bridgehead atoms. The number of ether oxygens (including phenoxy) is 1. The van der Waals surface area contributed by atoms with Crippen LogP contribution in [-0.4, -0.2) is 21.1 Å². The lowest BCUT2D eigenvalue weighted by Gasteiger charge is -2.25. The molecule has 1 atom stereocenters. The van der Waals surface area contributed by atoms with Crippen LogP contribution in [0.4, 0.5) is 0 Å². The molecule has 4 nitrogen and oxygen atoms in total. The van der Waals surface area contributed by atoms with E-state index in [0.717, 1.165) is 26.9 Å². The highest BCUT2D eigenvalue weighted by Crippen LogP contribution is 2.39. The second-order valence-corrected chi connectivity index (χ2v) is 5.33. The van der Waals surface area contributed by atoms with Crippen LogP contribution in [0.15, 0.2) is 47.3 Å². The predicted octanol–water partition coefficient (Wildman–Crippen LogP) is 3.18. The van der Waals surface area contributed by atoms with Crippen LogP contribution in [0, 0.1) is 0 Å². The molecule has 0 spiro atoms. The Morgan fingerprint density at radius 2 is 2.16 bits per heavy atom. The molecule has 4 rings (SSSR count). The Hall–Kier alpha value is -1.88. The fourth-order valence-electron chi connectivity index (χ4n) is 2.49. The molecule has 0 saturated heterocycles. The average molecular weight is 316 g/mol. The van der Waals surface area contributed by atoms with Gasteiger partial charge in [-0.2, -0.15) is 0 Å². The SMILES string of the molecule is Brc1ccc2ncn3c2c1OCC3c1ccccn1. The number of rotatable bonds is 1. The van der Waals surface area contributed by atoms with Gasteiger partial charge in [-0.3, -0.25) is 4.98 Å². The standard InChI is InChI=1S/C14H10BrN3O/c15-9-4-5-11-13-14(9)19-7-12(18(13)8-17-11)10-3-1-2-6-16-10/h1-6,8,12H,7H2. The summed E-state index contributed by atoms with van der Waals surface area (Å²) in [5.41, 5.74) is 2.96. The third-order valence-corrected chi connectivity index (χ3v) is 4.02. The Balaban J connectivity index is 1.96. The van der Waals surface area contributed by atoms with Crippen molar-refractivity contribution in [2.45, 2.75) is 6.04 Å². The van der Waals surface area contributed by atoms with Crippen LogP contribution in [0.1, 0.15) is 11.7 Å². The van der Waals surface area contributed by atoms with E-state index >= 15 is 0 Å². The molecule has 94 valence electrons. The van der Waals surface area contributed by atoms with Crippen molar-refractivity contribution in [3.05, 3.63) is 53.0 Å². The van der Waals surface area contributed by atoms with Crippen molar-refractivity contribution in [1.29, 1.82) is 0 Å². The van der Waals surface area contributed by atoms with E-state index in [1.165, 1.54) is 0 Å².